The first-order valence-corrected chi connectivity index (χ1v) is 7.19. The van der Waals surface area contributed by atoms with Gasteiger partial charge < -0.3 is 9.80 Å². The van der Waals surface area contributed by atoms with Gasteiger partial charge in [-0.05, 0) is 40.0 Å². The predicted octanol–water partition coefficient (Wildman–Crippen LogP) is 3.47. The molecular formula is C14H34N2. The molecule has 0 radical (unpaired) electrons. The van der Waals surface area contributed by atoms with Crippen molar-refractivity contribution in [1.29, 1.82) is 0 Å². The molecule has 100 valence electrons. The van der Waals surface area contributed by atoms with E-state index in [-0.39, 0.29) is 0 Å². The highest BCUT2D eigenvalue weighted by atomic mass is 15.3. The van der Waals surface area contributed by atoms with E-state index in [0.717, 1.165) is 12.1 Å². The summed E-state index contributed by atoms with van der Waals surface area (Å²) < 4.78 is 0. The maximum Gasteiger partial charge on any atom is 0.0261 e. The topological polar surface area (TPSA) is 6.48 Å². The third-order valence-corrected chi connectivity index (χ3v) is 3.13. The van der Waals surface area contributed by atoms with Crippen LogP contribution in [0.15, 0.2) is 0 Å². The predicted molar refractivity (Wildman–Crippen MR) is 76.1 cm³/mol. The van der Waals surface area contributed by atoms with Crippen LogP contribution in [-0.2, 0) is 0 Å². The second-order valence-corrected chi connectivity index (χ2v) is 3.67. The molecule has 0 N–H and O–H groups in total. The van der Waals surface area contributed by atoms with Gasteiger partial charge in [0.1, 0.15) is 0 Å². The lowest BCUT2D eigenvalue weighted by Gasteiger charge is -2.19. The number of nitrogens with zero attached hydrogens (tertiary/aromatic N) is 2. The number of likely N-dealkylation sites (N-methyl/N-ethyl adjacent to an activating group) is 2. The normalized spacial score (nSPS) is 27.8. The lowest BCUT2D eigenvalue weighted by Crippen LogP contribution is -2.32. The van der Waals surface area contributed by atoms with Crippen LogP contribution in [0.5, 0.6) is 0 Å². The summed E-state index contributed by atoms with van der Waals surface area (Å²) in [6, 6.07) is 1.76. The van der Waals surface area contributed by atoms with Crippen molar-refractivity contribution in [2.75, 3.05) is 27.2 Å². The van der Waals surface area contributed by atoms with Crippen LogP contribution in [0.1, 0.15) is 54.4 Å². The van der Waals surface area contributed by atoms with Crippen LogP contribution < -0.4 is 0 Å². The summed E-state index contributed by atoms with van der Waals surface area (Å²) in [5.41, 5.74) is 0. The van der Waals surface area contributed by atoms with Gasteiger partial charge in [0.25, 0.3) is 0 Å². The van der Waals surface area contributed by atoms with Crippen molar-refractivity contribution >= 4 is 0 Å². The van der Waals surface area contributed by atoms with Gasteiger partial charge in [0.15, 0.2) is 0 Å². The van der Waals surface area contributed by atoms with E-state index < -0.39 is 0 Å². The second kappa shape index (κ2) is 11.4. The largest absolute Gasteiger partial charge is 0.302 e. The van der Waals surface area contributed by atoms with Crippen molar-refractivity contribution in [2.45, 2.75) is 66.5 Å². The van der Waals surface area contributed by atoms with Gasteiger partial charge in [-0.1, -0.05) is 41.5 Å². The molecule has 2 saturated heterocycles. The average molecular weight is 230 g/mol. The molecule has 0 aromatic rings. The Hall–Kier alpha value is -0.0800. The van der Waals surface area contributed by atoms with E-state index in [0.29, 0.717) is 0 Å². The zero-order valence-corrected chi connectivity index (χ0v) is 12.9. The van der Waals surface area contributed by atoms with Crippen LogP contribution >= 0.6 is 0 Å². The molecule has 2 fully saturated rings. The first-order chi connectivity index (χ1) is 7.79. The smallest absolute Gasteiger partial charge is 0.0261 e. The molecular weight excluding hydrogens is 196 g/mol. The van der Waals surface area contributed by atoms with Crippen molar-refractivity contribution in [3.05, 3.63) is 0 Å². The molecule has 0 amide bonds. The fourth-order valence-corrected chi connectivity index (χ4v) is 2.42. The van der Waals surface area contributed by atoms with E-state index >= 15 is 0 Å². The number of hydrogen-bond donors (Lipinski definition) is 0. The number of fused-ring (bicyclic) bond motifs is 1. The standard InChI is InChI=1S/C8H16N2.3C2H6/c1-9-5-3-8-7(9)4-6-10(8)2;3*1-2/h7-8H,3-6H2,1-2H3;3*1-2H3/t7-,8-;;;/m0.../s1. The quantitative estimate of drug-likeness (QED) is 0.629. The molecule has 0 aromatic carbocycles. The minimum atomic E-state index is 0.880. The third-order valence-electron chi connectivity index (χ3n) is 3.13. The molecule has 2 heterocycles. The first-order valence-electron chi connectivity index (χ1n) is 7.19. The molecule has 0 saturated carbocycles. The summed E-state index contributed by atoms with van der Waals surface area (Å²) in [5.74, 6) is 0. The lowest BCUT2D eigenvalue weighted by atomic mass is 10.1. The Bertz CT molecular complexity index is 121. The van der Waals surface area contributed by atoms with E-state index in [1.54, 1.807) is 0 Å². The van der Waals surface area contributed by atoms with E-state index in [4.69, 9.17) is 0 Å². The monoisotopic (exact) mass is 230 g/mol. The second-order valence-electron chi connectivity index (χ2n) is 3.67. The van der Waals surface area contributed by atoms with Crippen molar-refractivity contribution < 1.29 is 0 Å². The summed E-state index contributed by atoms with van der Waals surface area (Å²) in [7, 11) is 4.51. The molecule has 0 aromatic heterocycles. The maximum atomic E-state index is 2.51. The van der Waals surface area contributed by atoms with Crippen molar-refractivity contribution in [2.24, 2.45) is 0 Å². The van der Waals surface area contributed by atoms with E-state index in [9.17, 15) is 0 Å². The Morgan fingerprint density at radius 2 is 0.875 bits per heavy atom. The average Bonchev–Trinajstić information content (AvgIpc) is 2.92. The van der Waals surface area contributed by atoms with Crippen LogP contribution in [0.2, 0.25) is 0 Å². The fraction of sp³-hybridized carbons (Fsp3) is 1.00. The zero-order valence-electron chi connectivity index (χ0n) is 12.9. The Kier molecular flexibility index (Phi) is 13.0. The number of rotatable bonds is 0. The Morgan fingerprint density at radius 1 is 0.625 bits per heavy atom. The van der Waals surface area contributed by atoms with Crippen LogP contribution in [0.3, 0.4) is 0 Å². The molecule has 2 heteroatoms. The van der Waals surface area contributed by atoms with Gasteiger partial charge in [0.05, 0.1) is 0 Å². The highest BCUT2D eigenvalue weighted by molar-refractivity contribution is 4.96. The molecule has 2 aliphatic heterocycles. The van der Waals surface area contributed by atoms with Crippen molar-refractivity contribution in [3.8, 4) is 0 Å². The maximum absolute atomic E-state index is 2.51. The summed E-state index contributed by atoms with van der Waals surface area (Å²) in [6.45, 7) is 14.6. The minimum Gasteiger partial charge on any atom is -0.302 e. The van der Waals surface area contributed by atoms with Gasteiger partial charge in [-0.2, -0.15) is 0 Å². The third kappa shape index (κ3) is 4.84. The summed E-state index contributed by atoms with van der Waals surface area (Å²) >= 11 is 0. The lowest BCUT2D eigenvalue weighted by molar-refractivity contribution is 0.276. The summed E-state index contributed by atoms with van der Waals surface area (Å²) in [5, 5.41) is 0. The highest BCUT2D eigenvalue weighted by Gasteiger charge is 2.38. The molecule has 2 rings (SSSR count). The molecule has 2 aliphatic rings. The molecule has 0 unspecified atom stereocenters. The summed E-state index contributed by atoms with van der Waals surface area (Å²) in [4.78, 5) is 5.02. The molecule has 2 nitrogen and oxygen atoms in total. The Labute approximate surface area is 104 Å². The fourth-order valence-electron chi connectivity index (χ4n) is 2.42. The van der Waals surface area contributed by atoms with Crippen LogP contribution in [0.25, 0.3) is 0 Å². The molecule has 16 heavy (non-hydrogen) atoms. The van der Waals surface area contributed by atoms with Crippen LogP contribution in [-0.4, -0.2) is 49.1 Å². The molecule has 0 aliphatic carbocycles. The highest BCUT2D eigenvalue weighted by Crippen LogP contribution is 2.28. The van der Waals surface area contributed by atoms with Crippen molar-refractivity contribution in [1.82, 2.24) is 9.80 Å². The molecule has 2 atom stereocenters. The molecule has 0 spiro atoms. The van der Waals surface area contributed by atoms with Crippen LogP contribution in [0.4, 0.5) is 0 Å². The van der Waals surface area contributed by atoms with Gasteiger partial charge in [-0.15, -0.1) is 0 Å². The number of hydrogen-bond acceptors (Lipinski definition) is 2. The zero-order chi connectivity index (χ0) is 13.1. The SMILES string of the molecule is CC.CC.CC.CN1CC[C@H]2[C@@H]1CCN2C. The first kappa shape index (κ1) is 18.3. The Morgan fingerprint density at radius 3 is 1.12 bits per heavy atom. The van der Waals surface area contributed by atoms with E-state index in [1.165, 1.54) is 25.9 Å². The van der Waals surface area contributed by atoms with Gasteiger partial charge >= 0.3 is 0 Å². The number of likely N-dealkylation sites (tertiary alicyclic amines) is 2. The van der Waals surface area contributed by atoms with Gasteiger partial charge in [-0.3, -0.25) is 0 Å². The van der Waals surface area contributed by atoms with Gasteiger partial charge in [-0.25, -0.2) is 0 Å². The van der Waals surface area contributed by atoms with E-state index in [1.807, 2.05) is 41.5 Å². The minimum absolute atomic E-state index is 0.880. The van der Waals surface area contributed by atoms with E-state index in [2.05, 4.69) is 23.9 Å². The Balaban J connectivity index is 0. The van der Waals surface area contributed by atoms with Gasteiger partial charge in [0, 0.05) is 12.1 Å². The van der Waals surface area contributed by atoms with Crippen LogP contribution in [0, 0.1) is 0 Å². The molecule has 0 bridgehead atoms. The summed E-state index contributed by atoms with van der Waals surface area (Å²) in [6.07, 6.45) is 2.77. The van der Waals surface area contributed by atoms with Gasteiger partial charge in [0.2, 0.25) is 0 Å². The van der Waals surface area contributed by atoms with Crippen molar-refractivity contribution in [3.63, 3.8) is 0 Å².